The highest BCUT2D eigenvalue weighted by Gasteiger charge is 2.35. The summed E-state index contributed by atoms with van der Waals surface area (Å²) in [5, 5.41) is 22.4. The number of nitrogens with zero attached hydrogens (tertiary/aromatic N) is 4. The van der Waals surface area contributed by atoms with Gasteiger partial charge in [-0.15, -0.1) is 0 Å². The van der Waals surface area contributed by atoms with Crippen molar-refractivity contribution in [2.75, 3.05) is 33.3 Å². The number of aliphatic imine (C=N–C) groups is 1. The molecule has 0 radical (unpaired) electrons. The molecule has 0 spiro atoms. The van der Waals surface area contributed by atoms with Gasteiger partial charge in [0.05, 0.1) is 24.8 Å². The highest BCUT2D eigenvalue weighted by Crippen LogP contribution is 2.40. The number of nitrogens with one attached hydrogen (secondary N) is 1. The molecule has 1 saturated heterocycles. The molecule has 0 amide bonds. The topological polar surface area (TPSA) is 139 Å². The highest BCUT2D eigenvalue weighted by molar-refractivity contribution is 5.99. The van der Waals surface area contributed by atoms with Crippen LogP contribution in [0.2, 0.25) is 0 Å². The number of ether oxygens (including phenoxy) is 4. The lowest BCUT2D eigenvalue weighted by atomic mass is 10.2. The van der Waals surface area contributed by atoms with Crippen LogP contribution in [0, 0.1) is 23.0 Å². The zero-order chi connectivity index (χ0) is 29.8. The third-order valence-electron chi connectivity index (χ3n) is 6.58. The van der Waals surface area contributed by atoms with Gasteiger partial charge in [0.1, 0.15) is 23.7 Å². The second-order valence-corrected chi connectivity index (χ2v) is 9.52. The largest absolute Gasteiger partial charge is 0.504 e. The second kappa shape index (κ2) is 12.3. The van der Waals surface area contributed by atoms with E-state index in [0.29, 0.717) is 6.54 Å². The van der Waals surface area contributed by atoms with E-state index < -0.39 is 53.0 Å². The molecule has 5 rings (SSSR count). The maximum absolute atomic E-state index is 15.8. The van der Waals surface area contributed by atoms with Gasteiger partial charge in [0.2, 0.25) is 17.4 Å². The Kier molecular flexibility index (Phi) is 8.35. The number of benzene rings is 2. The van der Waals surface area contributed by atoms with Gasteiger partial charge in [-0.1, -0.05) is 12.1 Å². The number of rotatable bonds is 9. The van der Waals surface area contributed by atoms with E-state index in [1.165, 1.54) is 18.2 Å². The molecule has 1 aromatic heterocycles. The average Bonchev–Trinajstić information content (AvgIpc) is 3.64. The number of carbonyl (C=O) groups is 1. The lowest BCUT2D eigenvalue weighted by Crippen LogP contribution is -2.32. The van der Waals surface area contributed by atoms with E-state index in [1.807, 2.05) is 24.1 Å². The summed E-state index contributed by atoms with van der Waals surface area (Å²) in [4.78, 5) is 22.5. The maximum atomic E-state index is 15.8. The summed E-state index contributed by atoms with van der Waals surface area (Å²) in [6.45, 7) is 3.36. The first-order valence-corrected chi connectivity index (χ1v) is 13.2. The average molecular weight is 580 g/mol. The van der Waals surface area contributed by atoms with E-state index >= 15 is 8.78 Å². The molecule has 42 heavy (non-hydrogen) atoms. The van der Waals surface area contributed by atoms with Gasteiger partial charge in [0.25, 0.3) is 11.8 Å². The van der Waals surface area contributed by atoms with Crippen molar-refractivity contribution in [1.29, 1.82) is 5.26 Å². The Labute approximate surface area is 239 Å². The predicted octanol–water partition coefficient (Wildman–Crippen LogP) is 3.89. The number of pyridine rings is 1. The van der Waals surface area contributed by atoms with Gasteiger partial charge in [-0.2, -0.15) is 19.0 Å². The van der Waals surface area contributed by atoms with Crippen molar-refractivity contribution in [2.45, 2.75) is 25.5 Å². The molecule has 0 unspecified atom stereocenters. The van der Waals surface area contributed by atoms with E-state index in [4.69, 9.17) is 18.9 Å². The minimum atomic E-state index is -1.31. The van der Waals surface area contributed by atoms with Crippen LogP contribution in [-0.4, -0.2) is 72.2 Å². The monoisotopic (exact) mass is 579 g/mol. The molecule has 0 bridgehead atoms. The Balaban J connectivity index is 1.49. The molecule has 2 aliphatic rings. The fraction of sp³-hybridized carbons (Fsp3) is 0.310. The number of amidine groups is 1. The number of halogens is 2. The first-order chi connectivity index (χ1) is 20.3. The number of nitriles is 1. The van der Waals surface area contributed by atoms with Crippen LogP contribution in [0.15, 0.2) is 47.5 Å². The fourth-order valence-electron chi connectivity index (χ4n) is 4.53. The molecule has 13 heteroatoms. The van der Waals surface area contributed by atoms with Gasteiger partial charge in [0.15, 0.2) is 11.5 Å². The van der Waals surface area contributed by atoms with E-state index in [0.717, 1.165) is 17.9 Å². The zero-order valence-electron chi connectivity index (χ0n) is 22.8. The maximum Gasteiger partial charge on any atom is 0.323 e. The van der Waals surface area contributed by atoms with Gasteiger partial charge in [-0.05, 0) is 31.2 Å². The number of carbonyl (C=O) groups excluding carboxylic acids is 1. The Morgan fingerprint density at radius 1 is 1.19 bits per heavy atom. The molecule has 3 aromatic rings. The quantitative estimate of drug-likeness (QED) is 0.359. The minimum Gasteiger partial charge on any atom is -0.504 e. The summed E-state index contributed by atoms with van der Waals surface area (Å²) < 4.78 is 53.4. The molecule has 2 N–H and O–H groups in total. The van der Waals surface area contributed by atoms with Crippen molar-refractivity contribution in [3.8, 4) is 40.8 Å². The van der Waals surface area contributed by atoms with Crippen molar-refractivity contribution >= 4 is 11.8 Å². The number of aromatic nitrogens is 1. The van der Waals surface area contributed by atoms with Crippen LogP contribution in [0.3, 0.4) is 0 Å². The number of hydrogen-bond donors (Lipinski definition) is 2. The molecule has 3 heterocycles. The third-order valence-corrected chi connectivity index (χ3v) is 6.58. The van der Waals surface area contributed by atoms with Crippen molar-refractivity contribution < 1.29 is 37.6 Å². The van der Waals surface area contributed by atoms with Crippen LogP contribution >= 0.6 is 0 Å². The minimum absolute atomic E-state index is 0.0924. The fourth-order valence-corrected chi connectivity index (χ4v) is 4.53. The van der Waals surface area contributed by atoms with Crippen LogP contribution in [0.25, 0.3) is 0 Å². The van der Waals surface area contributed by atoms with Crippen molar-refractivity contribution in [3.05, 3.63) is 65.2 Å². The number of esters is 1. The smallest absolute Gasteiger partial charge is 0.323 e. The summed E-state index contributed by atoms with van der Waals surface area (Å²) in [5.41, 5.74) is 0.847. The van der Waals surface area contributed by atoms with Gasteiger partial charge in [-0.3, -0.25) is 9.79 Å². The molecule has 1 fully saturated rings. The third kappa shape index (κ3) is 6.03. The first kappa shape index (κ1) is 28.6. The molecule has 0 aliphatic carbocycles. The number of phenols is 1. The number of likely N-dealkylation sites (N-methyl/N-ethyl adjacent to an activating group) is 1. The second-order valence-electron chi connectivity index (χ2n) is 9.52. The molecule has 0 saturated carbocycles. The molecule has 2 aliphatic heterocycles. The lowest BCUT2D eigenvalue weighted by molar-refractivity contribution is -0.145. The molecular formula is C29H27F2N5O6. The van der Waals surface area contributed by atoms with Crippen LogP contribution in [0.1, 0.15) is 24.5 Å². The van der Waals surface area contributed by atoms with Crippen LogP contribution < -0.4 is 19.5 Å². The normalized spacial score (nSPS) is 17.9. The zero-order valence-corrected chi connectivity index (χ0v) is 22.8. The first-order valence-electron chi connectivity index (χ1n) is 13.2. The van der Waals surface area contributed by atoms with Crippen molar-refractivity contribution in [2.24, 2.45) is 4.99 Å². The molecule has 11 nitrogen and oxygen atoms in total. The van der Waals surface area contributed by atoms with Crippen LogP contribution in [0.5, 0.6) is 34.8 Å². The van der Waals surface area contributed by atoms with Crippen molar-refractivity contribution in [1.82, 2.24) is 15.2 Å². The molecule has 2 aromatic carbocycles. The lowest BCUT2D eigenvalue weighted by Gasteiger charge is -2.18. The summed E-state index contributed by atoms with van der Waals surface area (Å²) in [6.07, 6.45) is -0.712. The molecule has 2 atom stereocenters. The van der Waals surface area contributed by atoms with Crippen LogP contribution in [-0.2, 0) is 9.53 Å². The predicted molar refractivity (Wildman–Crippen MR) is 145 cm³/mol. The Bertz CT molecular complexity index is 1580. The van der Waals surface area contributed by atoms with Gasteiger partial charge < -0.3 is 34.3 Å². The Hall–Kier alpha value is -4.96. The summed E-state index contributed by atoms with van der Waals surface area (Å²) >= 11 is 0. The Morgan fingerprint density at radius 3 is 2.69 bits per heavy atom. The highest BCUT2D eigenvalue weighted by atomic mass is 19.1. The van der Waals surface area contributed by atoms with Gasteiger partial charge in [-0.25, -0.2) is 0 Å². The SMILES string of the molecule is CCOC(=O)[C@@H]1C[C@@H](Oc2c(F)c(Oc3cccc(C4=NCCN4C)c3)nc(Oc3cc(C#N)ccc3O)c2F)CN1. The van der Waals surface area contributed by atoms with Crippen molar-refractivity contribution in [3.63, 3.8) is 0 Å². The Morgan fingerprint density at radius 2 is 1.98 bits per heavy atom. The van der Waals surface area contributed by atoms with E-state index in [9.17, 15) is 15.2 Å². The summed E-state index contributed by atoms with van der Waals surface area (Å²) in [6, 6.07) is 11.6. The van der Waals surface area contributed by atoms with Gasteiger partial charge in [0, 0.05) is 38.2 Å². The van der Waals surface area contributed by atoms with Gasteiger partial charge >= 0.3 is 5.97 Å². The van der Waals surface area contributed by atoms with E-state index in [-0.39, 0.29) is 36.6 Å². The number of phenolic OH excluding ortho intramolecular Hbond substituents is 1. The molecular weight excluding hydrogens is 552 g/mol. The van der Waals surface area contributed by atoms with E-state index in [1.54, 1.807) is 25.1 Å². The van der Waals surface area contributed by atoms with E-state index in [2.05, 4.69) is 15.3 Å². The summed E-state index contributed by atoms with van der Waals surface area (Å²) in [5.74, 6) is -5.11. The standard InChI is InChI=1S/C29H27F2N5O6/c1-3-39-29(38)20-13-19(15-34-20)40-25-23(30)27(41-18-6-4-5-17(12-18)26-33-9-10-36(26)2)35-28(24(25)31)42-22-11-16(14-32)7-8-21(22)37/h4-8,11-12,19-20,34,37H,3,9-10,13,15H2,1-2H3/t19-,20+/m1/s1. The summed E-state index contributed by atoms with van der Waals surface area (Å²) in [7, 11) is 1.90. The number of aromatic hydroxyl groups is 1. The molecule has 218 valence electrons. The van der Waals surface area contributed by atoms with Crippen LogP contribution in [0.4, 0.5) is 8.78 Å². The number of hydrogen-bond acceptors (Lipinski definition) is 11.